The summed E-state index contributed by atoms with van der Waals surface area (Å²) in [6, 6.07) is 3.73. The van der Waals surface area contributed by atoms with E-state index in [0.29, 0.717) is 5.36 Å². The number of nitrogens with one attached hydrogen (secondary N) is 1. The molecule has 132 valence electrons. The van der Waals surface area contributed by atoms with Gasteiger partial charge in [0.1, 0.15) is 0 Å². The highest BCUT2D eigenvalue weighted by Crippen LogP contribution is 2.13. The summed E-state index contributed by atoms with van der Waals surface area (Å²) in [5.74, 6) is 0. The second-order valence-electron chi connectivity index (χ2n) is 6.92. The van der Waals surface area contributed by atoms with Crippen molar-refractivity contribution < 1.29 is 0 Å². The van der Waals surface area contributed by atoms with Crippen molar-refractivity contribution in [2.75, 3.05) is 0 Å². The average Bonchev–Trinajstić information content (AvgIpc) is 2.57. The standard InChI is InChI=1S/C21H38N2/c1-2-3-4-5-6-7-8-9-10-11-12-13-14-15-18-23-19-16-21(22)17-20-23/h16-17,19-20,22H,2-15,18H2,1H3. The van der Waals surface area contributed by atoms with Crippen molar-refractivity contribution in [2.45, 2.75) is 103 Å². The number of hydrogen-bond donors (Lipinski definition) is 1. The van der Waals surface area contributed by atoms with Crippen LogP contribution in [0.2, 0.25) is 0 Å². The summed E-state index contributed by atoms with van der Waals surface area (Å²) < 4.78 is 2.19. The van der Waals surface area contributed by atoms with Gasteiger partial charge < -0.3 is 9.98 Å². The van der Waals surface area contributed by atoms with Gasteiger partial charge in [-0.2, -0.15) is 0 Å². The summed E-state index contributed by atoms with van der Waals surface area (Å²) in [6.45, 7) is 3.38. The molecule has 1 aromatic heterocycles. The van der Waals surface area contributed by atoms with Gasteiger partial charge in [-0.1, -0.05) is 90.4 Å². The largest absolute Gasteiger partial charge is 0.354 e. The van der Waals surface area contributed by atoms with Crippen LogP contribution in [-0.4, -0.2) is 4.57 Å². The van der Waals surface area contributed by atoms with E-state index < -0.39 is 0 Å². The second kappa shape index (κ2) is 14.5. The van der Waals surface area contributed by atoms with Gasteiger partial charge in [-0.25, -0.2) is 0 Å². The maximum Gasteiger partial charge on any atom is 0.0568 e. The van der Waals surface area contributed by atoms with Crippen LogP contribution in [0, 0.1) is 5.41 Å². The quantitative estimate of drug-likeness (QED) is 0.360. The molecule has 0 aliphatic carbocycles. The van der Waals surface area contributed by atoms with Crippen molar-refractivity contribution >= 4 is 0 Å². The number of nitrogens with zero attached hydrogens (tertiary/aromatic N) is 1. The third-order valence-corrected chi connectivity index (χ3v) is 4.66. The van der Waals surface area contributed by atoms with Crippen molar-refractivity contribution in [1.29, 1.82) is 5.41 Å². The molecule has 1 rings (SSSR count). The van der Waals surface area contributed by atoms with Crippen LogP contribution in [0.25, 0.3) is 0 Å². The third kappa shape index (κ3) is 12.1. The molecular weight excluding hydrogens is 280 g/mol. The number of pyridine rings is 1. The first kappa shape index (κ1) is 20.0. The minimum atomic E-state index is 0.599. The molecule has 0 aliphatic heterocycles. The fraction of sp³-hybridized carbons (Fsp3) is 0.762. The van der Waals surface area contributed by atoms with Gasteiger partial charge in [0, 0.05) is 18.9 Å². The Kier molecular flexibility index (Phi) is 12.6. The molecule has 0 aliphatic rings. The lowest BCUT2D eigenvalue weighted by Gasteiger charge is -2.06. The summed E-state index contributed by atoms with van der Waals surface area (Å²) in [5.41, 5.74) is 0. The normalized spacial score (nSPS) is 11.0. The Morgan fingerprint density at radius 2 is 1.04 bits per heavy atom. The molecule has 2 heteroatoms. The Balaban J connectivity index is 1.78. The van der Waals surface area contributed by atoms with E-state index in [1.165, 1.54) is 89.9 Å². The molecule has 0 unspecified atom stereocenters. The molecule has 0 saturated carbocycles. The first-order valence-corrected chi connectivity index (χ1v) is 10.0. The van der Waals surface area contributed by atoms with Gasteiger partial charge in [0.25, 0.3) is 0 Å². The van der Waals surface area contributed by atoms with E-state index in [-0.39, 0.29) is 0 Å². The lowest BCUT2D eigenvalue weighted by Crippen LogP contribution is -2.03. The first-order chi connectivity index (χ1) is 11.3. The minimum Gasteiger partial charge on any atom is -0.354 e. The number of unbranched alkanes of at least 4 members (excludes halogenated alkanes) is 13. The molecule has 0 aromatic carbocycles. The Morgan fingerprint density at radius 3 is 1.48 bits per heavy atom. The van der Waals surface area contributed by atoms with Crippen molar-refractivity contribution in [2.24, 2.45) is 0 Å². The zero-order valence-corrected chi connectivity index (χ0v) is 15.4. The maximum absolute atomic E-state index is 7.47. The van der Waals surface area contributed by atoms with Gasteiger partial charge in [-0.3, -0.25) is 0 Å². The number of aromatic nitrogens is 1. The van der Waals surface area contributed by atoms with Crippen molar-refractivity contribution in [3.8, 4) is 0 Å². The minimum absolute atomic E-state index is 0.599. The second-order valence-corrected chi connectivity index (χ2v) is 6.92. The lowest BCUT2D eigenvalue weighted by molar-refractivity contribution is 0.523. The summed E-state index contributed by atoms with van der Waals surface area (Å²) in [4.78, 5) is 0. The molecule has 0 atom stereocenters. The molecule has 0 amide bonds. The van der Waals surface area contributed by atoms with Gasteiger partial charge in [0.15, 0.2) is 0 Å². The van der Waals surface area contributed by atoms with Crippen molar-refractivity contribution in [3.05, 3.63) is 29.9 Å². The topological polar surface area (TPSA) is 28.8 Å². The lowest BCUT2D eigenvalue weighted by atomic mass is 10.0. The number of rotatable bonds is 15. The molecule has 0 spiro atoms. The third-order valence-electron chi connectivity index (χ3n) is 4.66. The van der Waals surface area contributed by atoms with E-state index in [1.54, 1.807) is 0 Å². The smallest absolute Gasteiger partial charge is 0.0568 e. The molecule has 23 heavy (non-hydrogen) atoms. The van der Waals surface area contributed by atoms with Gasteiger partial charge in [0.05, 0.1) is 5.36 Å². The van der Waals surface area contributed by atoms with Crippen LogP contribution in [0.15, 0.2) is 24.5 Å². The highest BCUT2D eigenvalue weighted by molar-refractivity contribution is 4.90. The molecule has 2 nitrogen and oxygen atoms in total. The molecule has 0 fully saturated rings. The maximum atomic E-state index is 7.47. The van der Waals surface area contributed by atoms with Crippen LogP contribution >= 0.6 is 0 Å². The average molecular weight is 319 g/mol. The molecule has 1 N–H and O–H groups in total. The summed E-state index contributed by atoms with van der Waals surface area (Å²) in [6.07, 6.45) is 23.8. The van der Waals surface area contributed by atoms with E-state index in [9.17, 15) is 0 Å². The van der Waals surface area contributed by atoms with Gasteiger partial charge in [-0.15, -0.1) is 0 Å². The SMILES string of the molecule is CCCCCCCCCCCCCCCCn1ccc(=N)cc1. The Morgan fingerprint density at radius 1 is 0.652 bits per heavy atom. The molecule has 0 radical (unpaired) electrons. The molecule has 1 heterocycles. The van der Waals surface area contributed by atoms with Crippen LogP contribution in [-0.2, 0) is 6.54 Å². The van der Waals surface area contributed by atoms with E-state index in [1.807, 2.05) is 24.5 Å². The molecular formula is C21H38N2. The van der Waals surface area contributed by atoms with E-state index in [4.69, 9.17) is 5.41 Å². The van der Waals surface area contributed by atoms with E-state index >= 15 is 0 Å². The summed E-state index contributed by atoms with van der Waals surface area (Å²) in [7, 11) is 0. The molecule has 1 aromatic rings. The predicted molar refractivity (Wildman–Crippen MR) is 101 cm³/mol. The zero-order chi connectivity index (χ0) is 16.6. The molecule has 0 saturated heterocycles. The van der Waals surface area contributed by atoms with Crippen LogP contribution in [0.5, 0.6) is 0 Å². The summed E-state index contributed by atoms with van der Waals surface area (Å²) >= 11 is 0. The predicted octanol–water partition coefficient (Wildman–Crippen LogP) is 6.45. The van der Waals surface area contributed by atoms with Gasteiger partial charge in [0.2, 0.25) is 0 Å². The van der Waals surface area contributed by atoms with E-state index in [0.717, 1.165) is 6.54 Å². The number of aryl methyl sites for hydroxylation is 1. The van der Waals surface area contributed by atoms with Crippen LogP contribution in [0.4, 0.5) is 0 Å². The highest BCUT2D eigenvalue weighted by atomic mass is 14.9. The fourth-order valence-electron chi connectivity index (χ4n) is 3.10. The Bertz CT molecular complexity index is 402. The van der Waals surface area contributed by atoms with Crippen LogP contribution in [0.3, 0.4) is 0 Å². The summed E-state index contributed by atoms with van der Waals surface area (Å²) in [5, 5.41) is 8.07. The van der Waals surface area contributed by atoms with E-state index in [2.05, 4.69) is 11.5 Å². The van der Waals surface area contributed by atoms with Crippen molar-refractivity contribution in [3.63, 3.8) is 0 Å². The van der Waals surface area contributed by atoms with Crippen LogP contribution < -0.4 is 5.36 Å². The van der Waals surface area contributed by atoms with Crippen LogP contribution in [0.1, 0.15) is 96.8 Å². The Hall–Kier alpha value is -1.05. The first-order valence-electron chi connectivity index (χ1n) is 10.0. The Labute approximate surface area is 143 Å². The molecule has 0 bridgehead atoms. The van der Waals surface area contributed by atoms with Crippen molar-refractivity contribution in [1.82, 2.24) is 4.57 Å². The zero-order valence-electron chi connectivity index (χ0n) is 15.4. The monoisotopic (exact) mass is 318 g/mol. The fourth-order valence-corrected chi connectivity index (χ4v) is 3.10. The van der Waals surface area contributed by atoms with Gasteiger partial charge >= 0.3 is 0 Å². The highest BCUT2D eigenvalue weighted by Gasteiger charge is 1.94. The van der Waals surface area contributed by atoms with Gasteiger partial charge in [-0.05, 0) is 18.6 Å². The number of hydrogen-bond acceptors (Lipinski definition) is 1.